The molecule has 5 nitrogen and oxygen atoms in total. The summed E-state index contributed by atoms with van der Waals surface area (Å²) in [7, 11) is 3.47. The molecule has 3 rings (SSSR count). The number of carbonyl (C=O) groups is 1. The van der Waals surface area contributed by atoms with Crippen molar-refractivity contribution in [3.63, 3.8) is 0 Å². The summed E-state index contributed by atoms with van der Waals surface area (Å²) in [4.78, 5) is 25.5. The quantitative estimate of drug-likeness (QED) is 0.681. The second-order valence-electron chi connectivity index (χ2n) is 6.43. The van der Waals surface area contributed by atoms with E-state index >= 15 is 0 Å². The number of carbonyl (C=O) groups excluding carboxylic acids is 1. The van der Waals surface area contributed by atoms with Gasteiger partial charge in [0, 0.05) is 23.7 Å². The van der Waals surface area contributed by atoms with E-state index in [9.17, 15) is 4.79 Å². The molecule has 136 valence electrons. The molecule has 0 saturated carbocycles. The van der Waals surface area contributed by atoms with Crippen molar-refractivity contribution in [3.05, 3.63) is 51.8 Å². The van der Waals surface area contributed by atoms with Crippen LogP contribution in [0.2, 0.25) is 0 Å². The van der Waals surface area contributed by atoms with Crippen molar-refractivity contribution in [1.29, 1.82) is 0 Å². The van der Waals surface area contributed by atoms with E-state index in [-0.39, 0.29) is 11.9 Å². The number of aromatic nitrogens is 2. The van der Waals surface area contributed by atoms with Crippen molar-refractivity contribution in [2.45, 2.75) is 33.7 Å². The number of aryl methyl sites for hydroxylation is 3. The summed E-state index contributed by atoms with van der Waals surface area (Å²) >= 11 is 1.44. The molecule has 2 heterocycles. The predicted octanol–water partition coefficient (Wildman–Crippen LogP) is 4.46. The molecule has 0 radical (unpaired) electrons. The molecule has 2 aromatic heterocycles. The first-order chi connectivity index (χ1) is 12.3. The Hall–Kier alpha value is -2.47. The zero-order valence-corrected chi connectivity index (χ0v) is 16.8. The standard InChI is InChI=1S/C20H23N3O2S/c1-11-17-12(2)21-14(4)22-19(17)26-18(11)20(24)23(5)13(3)15-9-7-8-10-16(15)25-6/h7-10,13H,1-6H3. The maximum absolute atomic E-state index is 13.2. The number of rotatable bonds is 4. The van der Waals surface area contributed by atoms with Gasteiger partial charge in [0.1, 0.15) is 16.4 Å². The summed E-state index contributed by atoms with van der Waals surface area (Å²) in [5, 5.41) is 0.988. The minimum absolute atomic E-state index is 0.0130. The molecule has 0 aliphatic carbocycles. The molecule has 0 spiro atoms. The molecule has 3 aromatic rings. The number of ether oxygens (including phenoxy) is 1. The van der Waals surface area contributed by atoms with E-state index in [1.807, 2.05) is 59.0 Å². The Kier molecular flexibility index (Phi) is 4.96. The van der Waals surface area contributed by atoms with E-state index < -0.39 is 0 Å². The Morgan fingerprint density at radius 3 is 2.58 bits per heavy atom. The molecule has 0 aliphatic heterocycles. The minimum Gasteiger partial charge on any atom is -0.496 e. The van der Waals surface area contributed by atoms with E-state index in [4.69, 9.17) is 4.74 Å². The summed E-state index contributed by atoms with van der Waals surface area (Å²) in [6.45, 7) is 7.82. The predicted molar refractivity (Wildman–Crippen MR) is 105 cm³/mol. The lowest BCUT2D eigenvalue weighted by Gasteiger charge is -2.26. The Labute approximate surface area is 157 Å². The zero-order valence-electron chi connectivity index (χ0n) is 16.0. The lowest BCUT2D eigenvalue weighted by atomic mass is 10.1. The van der Waals surface area contributed by atoms with Gasteiger partial charge in [-0.25, -0.2) is 9.97 Å². The fourth-order valence-corrected chi connectivity index (χ4v) is 4.49. The average molecular weight is 369 g/mol. The number of thiophene rings is 1. The second kappa shape index (κ2) is 7.03. The topological polar surface area (TPSA) is 55.3 Å². The summed E-state index contributed by atoms with van der Waals surface area (Å²) in [6, 6.07) is 7.67. The first-order valence-electron chi connectivity index (χ1n) is 8.49. The molecule has 0 saturated heterocycles. The van der Waals surface area contributed by atoms with Gasteiger partial charge in [-0.15, -0.1) is 11.3 Å². The van der Waals surface area contributed by atoms with Gasteiger partial charge in [-0.3, -0.25) is 4.79 Å². The van der Waals surface area contributed by atoms with Gasteiger partial charge < -0.3 is 9.64 Å². The van der Waals surface area contributed by atoms with E-state index in [1.54, 1.807) is 12.0 Å². The third-order valence-corrected chi connectivity index (χ3v) is 5.94. The summed E-state index contributed by atoms with van der Waals surface area (Å²) in [5.41, 5.74) is 2.85. The summed E-state index contributed by atoms with van der Waals surface area (Å²) in [6.07, 6.45) is 0. The van der Waals surface area contributed by atoms with Crippen LogP contribution in [0.15, 0.2) is 24.3 Å². The minimum atomic E-state index is -0.114. The monoisotopic (exact) mass is 369 g/mol. The van der Waals surface area contributed by atoms with Crippen molar-refractivity contribution in [2.24, 2.45) is 0 Å². The number of hydrogen-bond donors (Lipinski definition) is 0. The maximum atomic E-state index is 13.2. The molecule has 0 N–H and O–H groups in total. The fourth-order valence-electron chi connectivity index (χ4n) is 3.23. The van der Waals surface area contributed by atoms with Gasteiger partial charge in [0.05, 0.1) is 18.0 Å². The Balaban J connectivity index is 2.00. The van der Waals surface area contributed by atoms with E-state index in [0.29, 0.717) is 4.88 Å². The Morgan fingerprint density at radius 2 is 1.88 bits per heavy atom. The zero-order chi connectivity index (χ0) is 19.0. The van der Waals surface area contributed by atoms with Crippen LogP contribution in [0.3, 0.4) is 0 Å². The van der Waals surface area contributed by atoms with Crippen LogP contribution in [0.25, 0.3) is 10.2 Å². The molecule has 1 unspecified atom stereocenters. The normalized spacial score (nSPS) is 12.2. The average Bonchev–Trinajstić information content (AvgIpc) is 2.96. The molecule has 0 fully saturated rings. The highest BCUT2D eigenvalue weighted by Gasteiger charge is 2.25. The second-order valence-corrected chi connectivity index (χ2v) is 7.43. The first kappa shape index (κ1) is 18.3. The molecule has 1 amide bonds. The van der Waals surface area contributed by atoms with Gasteiger partial charge >= 0.3 is 0 Å². The number of nitrogens with zero attached hydrogens (tertiary/aromatic N) is 3. The van der Waals surface area contributed by atoms with Gasteiger partial charge in [0.25, 0.3) is 5.91 Å². The fraction of sp³-hybridized carbons (Fsp3) is 0.350. The number of para-hydroxylation sites is 1. The molecule has 0 bridgehead atoms. The van der Waals surface area contributed by atoms with Crippen LogP contribution in [-0.4, -0.2) is 34.9 Å². The van der Waals surface area contributed by atoms with Crippen LogP contribution in [0, 0.1) is 20.8 Å². The summed E-state index contributed by atoms with van der Waals surface area (Å²) in [5.74, 6) is 1.50. The van der Waals surface area contributed by atoms with E-state index in [0.717, 1.165) is 38.6 Å². The molecule has 6 heteroatoms. The number of methoxy groups -OCH3 is 1. The van der Waals surface area contributed by atoms with Crippen molar-refractivity contribution >= 4 is 27.5 Å². The van der Waals surface area contributed by atoms with E-state index in [1.165, 1.54) is 11.3 Å². The number of benzene rings is 1. The molecule has 1 aromatic carbocycles. The van der Waals surface area contributed by atoms with Crippen molar-refractivity contribution < 1.29 is 9.53 Å². The number of amides is 1. The van der Waals surface area contributed by atoms with Crippen LogP contribution in [-0.2, 0) is 0 Å². The highest BCUT2D eigenvalue weighted by atomic mass is 32.1. The Bertz CT molecular complexity index is 981. The van der Waals surface area contributed by atoms with Gasteiger partial charge in [-0.2, -0.15) is 0 Å². The van der Waals surface area contributed by atoms with Crippen molar-refractivity contribution in [1.82, 2.24) is 14.9 Å². The maximum Gasteiger partial charge on any atom is 0.264 e. The largest absolute Gasteiger partial charge is 0.496 e. The van der Waals surface area contributed by atoms with Crippen LogP contribution in [0.4, 0.5) is 0 Å². The number of fused-ring (bicyclic) bond motifs is 1. The highest BCUT2D eigenvalue weighted by molar-refractivity contribution is 7.20. The molecular weight excluding hydrogens is 346 g/mol. The lowest BCUT2D eigenvalue weighted by molar-refractivity contribution is 0.0745. The van der Waals surface area contributed by atoms with Crippen molar-refractivity contribution in [2.75, 3.05) is 14.2 Å². The lowest BCUT2D eigenvalue weighted by Crippen LogP contribution is -2.29. The van der Waals surface area contributed by atoms with Crippen LogP contribution < -0.4 is 4.74 Å². The first-order valence-corrected chi connectivity index (χ1v) is 9.31. The smallest absolute Gasteiger partial charge is 0.264 e. The molecular formula is C20H23N3O2S. The van der Waals surface area contributed by atoms with Crippen LogP contribution in [0.1, 0.15) is 45.3 Å². The van der Waals surface area contributed by atoms with Crippen LogP contribution >= 0.6 is 11.3 Å². The van der Waals surface area contributed by atoms with Gasteiger partial charge in [-0.05, 0) is 39.3 Å². The molecule has 26 heavy (non-hydrogen) atoms. The third-order valence-electron chi connectivity index (χ3n) is 4.77. The van der Waals surface area contributed by atoms with Crippen molar-refractivity contribution in [3.8, 4) is 5.75 Å². The summed E-state index contributed by atoms with van der Waals surface area (Å²) < 4.78 is 5.45. The highest BCUT2D eigenvalue weighted by Crippen LogP contribution is 2.34. The molecule has 0 aliphatic rings. The van der Waals surface area contributed by atoms with Gasteiger partial charge in [0.15, 0.2) is 0 Å². The molecule has 1 atom stereocenters. The number of hydrogen-bond acceptors (Lipinski definition) is 5. The van der Waals surface area contributed by atoms with Gasteiger partial charge in [-0.1, -0.05) is 18.2 Å². The SMILES string of the molecule is COc1ccccc1C(C)N(C)C(=O)c1sc2nc(C)nc(C)c2c1C. The third kappa shape index (κ3) is 3.05. The van der Waals surface area contributed by atoms with Crippen LogP contribution in [0.5, 0.6) is 5.75 Å². The Morgan fingerprint density at radius 1 is 1.19 bits per heavy atom. The van der Waals surface area contributed by atoms with E-state index in [2.05, 4.69) is 9.97 Å². The van der Waals surface area contributed by atoms with Gasteiger partial charge in [0.2, 0.25) is 0 Å².